The van der Waals surface area contributed by atoms with E-state index in [2.05, 4.69) is 5.32 Å². The van der Waals surface area contributed by atoms with Crippen molar-refractivity contribution in [3.8, 4) is 5.75 Å². The Morgan fingerprint density at radius 2 is 1.76 bits per heavy atom. The van der Waals surface area contributed by atoms with Gasteiger partial charge in [0, 0.05) is 5.70 Å². The van der Waals surface area contributed by atoms with Crippen molar-refractivity contribution in [3.63, 3.8) is 0 Å². The zero-order valence-electron chi connectivity index (χ0n) is 15.0. The van der Waals surface area contributed by atoms with Gasteiger partial charge in [0.25, 0.3) is 0 Å². The van der Waals surface area contributed by atoms with Crippen LogP contribution in [0.25, 0.3) is 0 Å². The average Bonchev–Trinajstić information content (AvgIpc) is 2.89. The molecule has 0 aliphatic heterocycles. The topological polar surface area (TPSA) is 90.4 Å². The first-order chi connectivity index (χ1) is 12.1. The fraction of sp³-hybridized carbons (Fsp3) is 0.450. The van der Waals surface area contributed by atoms with Crippen molar-refractivity contribution < 1.29 is 9.53 Å². The van der Waals surface area contributed by atoms with Crippen LogP contribution < -0.4 is 21.5 Å². The largest absolute Gasteiger partial charge is 0.497 e. The molecule has 0 atom stereocenters. The van der Waals surface area contributed by atoms with E-state index in [0.717, 1.165) is 29.9 Å². The van der Waals surface area contributed by atoms with Gasteiger partial charge in [0.05, 0.1) is 13.5 Å². The number of amides is 1. The van der Waals surface area contributed by atoms with E-state index in [-0.39, 0.29) is 12.3 Å². The Morgan fingerprint density at radius 3 is 2.36 bits per heavy atom. The molecule has 1 saturated carbocycles. The van der Waals surface area contributed by atoms with Crippen LogP contribution in [0.4, 0.5) is 0 Å². The maximum absolute atomic E-state index is 12.1. The number of methoxy groups -OCH3 is 1. The minimum absolute atomic E-state index is 0.152. The molecule has 0 bridgehead atoms. The molecule has 1 aromatic carbocycles. The smallest absolute Gasteiger partial charge is 0.229 e. The van der Waals surface area contributed by atoms with Gasteiger partial charge in [-0.3, -0.25) is 4.79 Å². The van der Waals surface area contributed by atoms with Gasteiger partial charge in [-0.1, -0.05) is 37.8 Å². The van der Waals surface area contributed by atoms with Crippen molar-refractivity contribution in [2.24, 2.45) is 17.4 Å². The van der Waals surface area contributed by atoms with Crippen LogP contribution in [0.5, 0.6) is 5.75 Å². The van der Waals surface area contributed by atoms with E-state index in [1.54, 1.807) is 13.2 Å². The summed E-state index contributed by atoms with van der Waals surface area (Å²) in [5.41, 5.74) is 13.8. The molecule has 0 unspecified atom stereocenters. The predicted octanol–water partition coefficient (Wildman–Crippen LogP) is 2.97. The van der Waals surface area contributed by atoms with Crippen LogP contribution in [0, 0.1) is 5.92 Å². The summed E-state index contributed by atoms with van der Waals surface area (Å²) < 4.78 is 5.10. The van der Waals surface area contributed by atoms with Gasteiger partial charge in [0.1, 0.15) is 11.6 Å². The molecule has 5 heteroatoms. The number of benzene rings is 1. The van der Waals surface area contributed by atoms with Crippen molar-refractivity contribution in [1.29, 1.82) is 0 Å². The predicted molar refractivity (Wildman–Crippen MR) is 101 cm³/mol. The maximum Gasteiger partial charge on any atom is 0.229 e. The van der Waals surface area contributed by atoms with E-state index in [4.69, 9.17) is 16.2 Å². The molecule has 5 nitrogen and oxygen atoms in total. The molecule has 0 radical (unpaired) electrons. The van der Waals surface area contributed by atoms with Crippen molar-refractivity contribution >= 4 is 5.91 Å². The summed E-state index contributed by atoms with van der Waals surface area (Å²) in [5.74, 6) is 1.36. The molecule has 1 fully saturated rings. The first-order valence-corrected chi connectivity index (χ1v) is 8.94. The number of allylic oxidation sites excluding steroid dienone is 3. The van der Waals surface area contributed by atoms with Crippen molar-refractivity contribution in [1.82, 2.24) is 5.32 Å². The summed E-state index contributed by atoms with van der Waals surface area (Å²) in [5, 5.41) is 2.70. The number of carbonyl (C=O) groups is 1. The highest BCUT2D eigenvalue weighted by Crippen LogP contribution is 2.26. The summed E-state index contributed by atoms with van der Waals surface area (Å²) in [4.78, 5) is 12.1. The van der Waals surface area contributed by atoms with Crippen molar-refractivity contribution in [2.75, 3.05) is 7.11 Å². The summed E-state index contributed by atoms with van der Waals surface area (Å²) >= 11 is 0. The number of hydrogen-bond acceptors (Lipinski definition) is 4. The molecule has 1 aliphatic carbocycles. The molecule has 5 N–H and O–H groups in total. The maximum atomic E-state index is 12.1. The molecule has 0 spiro atoms. The van der Waals surface area contributed by atoms with E-state index < -0.39 is 0 Å². The summed E-state index contributed by atoms with van der Waals surface area (Å²) in [7, 11) is 1.61. The molecular formula is C20H29N3O2. The number of rotatable bonds is 6. The van der Waals surface area contributed by atoms with Crippen LogP contribution in [0.15, 0.2) is 47.9 Å². The molecule has 136 valence electrons. The minimum Gasteiger partial charge on any atom is -0.497 e. The second-order valence-electron chi connectivity index (χ2n) is 6.55. The number of nitrogens with one attached hydrogen (secondary N) is 1. The summed E-state index contributed by atoms with van der Waals surface area (Å²) in [6, 6.07) is 7.39. The van der Waals surface area contributed by atoms with Crippen LogP contribution in [0.2, 0.25) is 0 Å². The van der Waals surface area contributed by atoms with Gasteiger partial charge in [-0.15, -0.1) is 0 Å². The van der Waals surface area contributed by atoms with Crippen LogP contribution >= 0.6 is 0 Å². The Bertz CT molecular complexity index is 612. The fourth-order valence-electron chi connectivity index (χ4n) is 3.11. The Morgan fingerprint density at radius 1 is 1.12 bits per heavy atom. The molecule has 0 heterocycles. The van der Waals surface area contributed by atoms with Gasteiger partial charge in [-0.2, -0.15) is 0 Å². The van der Waals surface area contributed by atoms with Gasteiger partial charge < -0.3 is 21.5 Å². The second kappa shape index (κ2) is 9.77. The lowest BCUT2D eigenvalue weighted by Crippen LogP contribution is -2.28. The molecule has 1 aliphatic rings. The molecular weight excluding hydrogens is 314 g/mol. The van der Waals surface area contributed by atoms with Gasteiger partial charge in [-0.25, -0.2) is 0 Å². The van der Waals surface area contributed by atoms with Gasteiger partial charge in [0.2, 0.25) is 5.91 Å². The Balaban J connectivity index is 1.86. The van der Waals surface area contributed by atoms with E-state index >= 15 is 0 Å². The highest BCUT2D eigenvalue weighted by Gasteiger charge is 2.14. The van der Waals surface area contributed by atoms with Crippen molar-refractivity contribution in [2.45, 2.75) is 44.9 Å². The third-order valence-corrected chi connectivity index (χ3v) is 4.59. The molecule has 0 saturated heterocycles. The lowest BCUT2D eigenvalue weighted by atomic mass is 9.96. The summed E-state index contributed by atoms with van der Waals surface area (Å²) in [6.07, 6.45) is 11.1. The number of carbonyl (C=O) groups excluding carboxylic acids is 1. The van der Waals surface area contributed by atoms with Crippen LogP contribution in [-0.4, -0.2) is 13.0 Å². The van der Waals surface area contributed by atoms with Gasteiger partial charge >= 0.3 is 0 Å². The van der Waals surface area contributed by atoms with Crippen molar-refractivity contribution in [3.05, 3.63) is 53.5 Å². The third kappa shape index (κ3) is 6.53. The van der Waals surface area contributed by atoms with Crippen LogP contribution in [0.3, 0.4) is 0 Å². The van der Waals surface area contributed by atoms with Crippen LogP contribution in [0.1, 0.15) is 44.1 Å². The molecule has 1 amide bonds. The Hall–Kier alpha value is -2.43. The Kier molecular flexibility index (Phi) is 7.38. The Labute approximate surface area is 150 Å². The van der Waals surface area contributed by atoms with Crippen LogP contribution in [-0.2, 0) is 11.2 Å². The quantitative estimate of drug-likeness (QED) is 0.547. The normalized spacial score (nSPS) is 17.0. The number of hydrogen-bond donors (Lipinski definition) is 3. The summed E-state index contributed by atoms with van der Waals surface area (Å²) in [6.45, 7) is 0. The fourth-order valence-corrected chi connectivity index (χ4v) is 3.11. The first-order valence-electron chi connectivity index (χ1n) is 8.94. The zero-order valence-corrected chi connectivity index (χ0v) is 15.0. The lowest BCUT2D eigenvalue weighted by molar-refractivity contribution is -0.119. The minimum atomic E-state index is -0.152. The molecule has 1 aromatic rings. The van der Waals surface area contributed by atoms with E-state index in [1.165, 1.54) is 25.7 Å². The monoisotopic (exact) mass is 343 g/mol. The molecule has 25 heavy (non-hydrogen) atoms. The van der Waals surface area contributed by atoms with E-state index in [0.29, 0.717) is 11.7 Å². The SMILES string of the molecule is COc1ccc(CC(=O)N/C(N)=C/C=C(\N)C2CCCCCC2)cc1. The zero-order chi connectivity index (χ0) is 18.1. The van der Waals surface area contributed by atoms with Gasteiger partial charge in [0.15, 0.2) is 0 Å². The third-order valence-electron chi connectivity index (χ3n) is 4.59. The lowest BCUT2D eigenvalue weighted by Gasteiger charge is -2.14. The second-order valence-corrected chi connectivity index (χ2v) is 6.55. The number of ether oxygens (including phenoxy) is 1. The standard InChI is InChI=1S/C20H29N3O2/c1-25-17-10-8-15(9-11-17)14-20(24)23-19(22)13-12-18(21)16-6-4-2-3-5-7-16/h8-13,16H,2-7,14,21-22H2,1H3,(H,23,24)/b18-12-,19-13+. The van der Waals surface area contributed by atoms with E-state index in [1.807, 2.05) is 30.3 Å². The first kappa shape index (κ1) is 18.9. The number of nitrogens with two attached hydrogens (primary N) is 2. The highest BCUT2D eigenvalue weighted by atomic mass is 16.5. The van der Waals surface area contributed by atoms with E-state index in [9.17, 15) is 4.79 Å². The molecule has 0 aromatic heterocycles. The van der Waals surface area contributed by atoms with Gasteiger partial charge in [-0.05, 0) is 48.6 Å². The average molecular weight is 343 g/mol. The molecule has 2 rings (SSSR count). The highest BCUT2D eigenvalue weighted by molar-refractivity contribution is 5.80.